The van der Waals surface area contributed by atoms with Crippen LogP contribution < -0.4 is 0 Å². The van der Waals surface area contributed by atoms with Crippen LogP contribution >= 0.6 is 46.1 Å². The number of hydrogen-bond acceptors (Lipinski definition) is 7. The van der Waals surface area contributed by atoms with E-state index in [0.29, 0.717) is 20.8 Å². The van der Waals surface area contributed by atoms with Crippen LogP contribution in [0.2, 0.25) is 10.0 Å². The lowest BCUT2D eigenvalue weighted by molar-refractivity contribution is -0.144. The van der Waals surface area contributed by atoms with Crippen molar-refractivity contribution in [3.63, 3.8) is 0 Å². The molecule has 3 N–H and O–H groups in total. The summed E-state index contributed by atoms with van der Waals surface area (Å²) in [6.45, 7) is 1.08. The molecule has 1 aliphatic carbocycles. The zero-order valence-corrected chi connectivity index (χ0v) is 26.0. The first-order valence-corrected chi connectivity index (χ1v) is 15.6. The number of esters is 1. The molecule has 2 aromatic rings. The van der Waals surface area contributed by atoms with Crippen molar-refractivity contribution in [1.29, 1.82) is 0 Å². The largest absolute Gasteiger partial charge is 0.459 e. The topological polar surface area (TPSA) is 107 Å². The lowest BCUT2D eigenvalue weighted by Gasteiger charge is -2.40. The van der Waals surface area contributed by atoms with Crippen molar-refractivity contribution in [3.8, 4) is 11.1 Å². The molecule has 3 rings (SSSR count). The van der Waals surface area contributed by atoms with Crippen molar-refractivity contribution < 1.29 is 29.6 Å². The molecule has 1 aromatic carbocycles. The Balaban J connectivity index is 1.91. The predicted octanol–water partition coefficient (Wildman–Crippen LogP) is 5.74. The van der Waals surface area contributed by atoms with E-state index in [2.05, 4.69) is 6.92 Å². The number of carbonyl (C=O) groups is 2. The van der Waals surface area contributed by atoms with E-state index in [4.69, 9.17) is 39.5 Å². The van der Waals surface area contributed by atoms with Crippen molar-refractivity contribution in [3.05, 3.63) is 43.6 Å². The first-order chi connectivity index (χ1) is 19.1. The van der Waals surface area contributed by atoms with E-state index in [1.165, 1.54) is 18.3 Å². The summed E-state index contributed by atoms with van der Waals surface area (Å²) in [5.41, 5.74) is 1.17. The molecule has 2 unspecified atom stereocenters. The van der Waals surface area contributed by atoms with Crippen LogP contribution in [0.25, 0.3) is 11.1 Å². The SMILES string of the molecule is CCCc1sc(C(=O)OCC(CO)(CO)N(CCO)C(C)=O)cc1-c1c(Cl)cc(Cl)cc1CCC1CCC(Cl)C1. The van der Waals surface area contributed by atoms with Crippen LogP contribution in [-0.4, -0.2) is 76.0 Å². The summed E-state index contributed by atoms with van der Waals surface area (Å²) in [4.78, 5) is 27.8. The molecule has 0 aliphatic heterocycles. The molecule has 1 fully saturated rings. The second kappa shape index (κ2) is 15.2. The van der Waals surface area contributed by atoms with Crippen LogP contribution in [0.15, 0.2) is 18.2 Å². The van der Waals surface area contributed by atoms with Gasteiger partial charge in [0.2, 0.25) is 5.91 Å². The fraction of sp³-hybridized carbons (Fsp3) is 0.586. The van der Waals surface area contributed by atoms with Gasteiger partial charge in [-0.2, -0.15) is 0 Å². The number of thiophene rings is 1. The number of amides is 1. The summed E-state index contributed by atoms with van der Waals surface area (Å²) < 4.78 is 5.55. The highest BCUT2D eigenvalue weighted by Crippen LogP contribution is 2.42. The summed E-state index contributed by atoms with van der Waals surface area (Å²) >= 11 is 20.8. The van der Waals surface area contributed by atoms with E-state index in [0.717, 1.165) is 71.4 Å². The second-order valence-electron chi connectivity index (χ2n) is 10.4. The van der Waals surface area contributed by atoms with Crippen LogP contribution in [0.4, 0.5) is 0 Å². The van der Waals surface area contributed by atoms with E-state index in [-0.39, 0.29) is 18.5 Å². The van der Waals surface area contributed by atoms with E-state index < -0.39 is 37.2 Å². The second-order valence-corrected chi connectivity index (χ2v) is 13.0. The number of nitrogens with zero attached hydrogens (tertiary/aromatic N) is 1. The van der Waals surface area contributed by atoms with Gasteiger partial charge in [-0.05, 0) is 73.8 Å². The van der Waals surface area contributed by atoms with Crippen molar-refractivity contribution >= 4 is 58.0 Å². The van der Waals surface area contributed by atoms with Crippen molar-refractivity contribution in [2.24, 2.45) is 5.92 Å². The minimum absolute atomic E-state index is 0.123. The monoisotopic (exact) mass is 633 g/mol. The molecule has 1 aromatic heterocycles. The lowest BCUT2D eigenvalue weighted by atomic mass is 9.92. The summed E-state index contributed by atoms with van der Waals surface area (Å²) in [6, 6.07) is 5.43. The predicted molar refractivity (Wildman–Crippen MR) is 161 cm³/mol. The number of benzene rings is 1. The lowest BCUT2D eigenvalue weighted by Crippen LogP contribution is -2.60. The van der Waals surface area contributed by atoms with E-state index in [9.17, 15) is 24.9 Å². The van der Waals surface area contributed by atoms with E-state index in [1.807, 2.05) is 6.07 Å². The normalized spacial score (nSPS) is 17.3. The van der Waals surface area contributed by atoms with Crippen LogP contribution in [0.1, 0.15) is 66.1 Å². The molecule has 0 spiro atoms. The Kier molecular flexibility index (Phi) is 12.6. The van der Waals surface area contributed by atoms with Gasteiger partial charge in [-0.25, -0.2) is 4.79 Å². The minimum atomic E-state index is -1.56. The quantitative estimate of drug-likeness (QED) is 0.181. The van der Waals surface area contributed by atoms with Crippen molar-refractivity contribution in [1.82, 2.24) is 4.90 Å². The average Bonchev–Trinajstić information content (AvgIpc) is 3.53. The standard InChI is InChI=1S/C29H38Cl3NO6S/c1-3-4-25-23(27-20(12-22(31)13-24(27)32)7-5-19-6-8-21(30)11-19)14-26(40-25)28(38)39-17-29(15-35,16-36)33(9-10-34)18(2)37/h12-14,19,21,34-36H,3-11,15-17H2,1-2H3. The van der Waals surface area contributed by atoms with Gasteiger partial charge in [0, 0.05) is 34.3 Å². The third-order valence-electron chi connectivity index (χ3n) is 7.53. The number of halogens is 3. The van der Waals surface area contributed by atoms with Gasteiger partial charge < -0.3 is 25.0 Å². The Morgan fingerprint density at radius 3 is 2.42 bits per heavy atom. The third kappa shape index (κ3) is 7.91. The maximum atomic E-state index is 13.2. The zero-order valence-electron chi connectivity index (χ0n) is 22.9. The smallest absolute Gasteiger partial charge is 0.348 e. The number of aryl methyl sites for hydroxylation is 2. The number of hydrogen-bond donors (Lipinski definition) is 3. The molecule has 0 saturated heterocycles. The van der Waals surface area contributed by atoms with Crippen molar-refractivity contribution in [2.75, 3.05) is 33.0 Å². The average molecular weight is 635 g/mol. The molecule has 1 aliphatic rings. The van der Waals surface area contributed by atoms with Gasteiger partial charge in [-0.15, -0.1) is 22.9 Å². The molecular formula is C29H38Cl3NO6S. The number of aliphatic hydroxyl groups is 3. The molecule has 11 heteroatoms. The Labute approximate surface area is 255 Å². The van der Waals surface area contributed by atoms with Gasteiger partial charge in [0.25, 0.3) is 0 Å². The molecule has 1 saturated carbocycles. The molecule has 0 radical (unpaired) electrons. The highest BCUT2D eigenvalue weighted by molar-refractivity contribution is 7.14. The molecule has 2 atom stereocenters. The van der Waals surface area contributed by atoms with Crippen LogP contribution in [0, 0.1) is 5.92 Å². The van der Waals surface area contributed by atoms with E-state index >= 15 is 0 Å². The van der Waals surface area contributed by atoms with Gasteiger partial charge >= 0.3 is 5.97 Å². The molecule has 1 heterocycles. The Morgan fingerprint density at radius 1 is 1.12 bits per heavy atom. The maximum absolute atomic E-state index is 13.2. The van der Waals surface area contributed by atoms with E-state index in [1.54, 1.807) is 12.1 Å². The van der Waals surface area contributed by atoms with Gasteiger partial charge in [-0.1, -0.05) is 36.5 Å². The highest BCUT2D eigenvalue weighted by atomic mass is 35.5. The van der Waals surface area contributed by atoms with Crippen LogP contribution in [0.5, 0.6) is 0 Å². The molecule has 7 nitrogen and oxygen atoms in total. The molecule has 0 bridgehead atoms. The van der Waals surface area contributed by atoms with Gasteiger partial charge in [0.05, 0.1) is 24.8 Å². The molecule has 1 amide bonds. The number of ether oxygens (including phenoxy) is 1. The number of alkyl halides is 1. The van der Waals surface area contributed by atoms with Crippen LogP contribution in [0.3, 0.4) is 0 Å². The van der Waals surface area contributed by atoms with Gasteiger partial charge in [0.15, 0.2) is 0 Å². The Bertz CT molecular complexity index is 1170. The van der Waals surface area contributed by atoms with Gasteiger partial charge in [0.1, 0.15) is 17.0 Å². The summed E-state index contributed by atoms with van der Waals surface area (Å²) in [5, 5.41) is 30.8. The first kappa shape index (κ1) is 33.1. The summed E-state index contributed by atoms with van der Waals surface area (Å²) in [6.07, 6.45) is 6.48. The zero-order chi connectivity index (χ0) is 29.4. The number of aliphatic hydroxyl groups excluding tert-OH is 3. The molecule has 222 valence electrons. The molecule has 40 heavy (non-hydrogen) atoms. The maximum Gasteiger partial charge on any atom is 0.348 e. The number of rotatable bonds is 14. The minimum Gasteiger partial charge on any atom is -0.459 e. The number of carbonyl (C=O) groups excluding carboxylic acids is 2. The van der Waals surface area contributed by atoms with Crippen LogP contribution in [-0.2, 0) is 22.4 Å². The summed E-state index contributed by atoms with van der Waals surface area (Å²) in [5.74, 6) is -0.561. The first-order valence-electron chi connectivity index (χ1n) is 13.6. The highest BCUT2D eigenvalue weighted by Gasteiger charge is 2.39. The van der Waals surface area contributed by atoms with Gasteiger partial charge in [-0.3, -0.25) is 4.79 Å². The van der Waals surface area contributed by atoms with Crippen molar-refractivity contribution in [2.45, 2.75) is 69.7 Å². The summed E-state index contributed by atoms with van der Waals surface area (Å²) in [7, 11) is 0. The fourth-order valence-corrected chi connectivity index (χ4v) is 7.58. The number of β-amino-alcohol motifs (C(OH)–C–C–N with tert-alkyl or cyclic N) is 1. The Hall–Kier alpha value is -1.39. The fourth-order valence-electron chi connectivity index (χ4n) is 5.40. The third-order valence-corrected chi connectivity index (χ3v) is 9.62. The Morgan fingerprint density at radius 2 is 1.85 bits per heavy atom. The molecular weight excluding hydrogens is 597 g/mol.